The molecule has 1 aliphatic carbocycles. The molecule has 1 saturated heterocycles. The monoisotopic (exact) mass is 290 g/mol. The highest BCUT2D eigenvalue weighted by Crippen LogP contribution is 2.31. The van der Waals surface area contributed by atoms with Crippen molar-refractivity contribution in [3.63, 3.8) is 0 Å². The van der Waals surface area contributed by atoms with E-state index >= 15 is 0 Å². The molecule has 0 unspecified atom stereocenters. The SMILES string of the molecule is CNc1nc(N2CCCC2)nc(N(CC(C)C)C2CC2)n1. The Morgan fingerprint density at radius 3 is 2.48 bits per heavy atom. The molecule has 0 amide bonds. The fraction of sp³-hybridized carbons (Fsp3) is 0.800. The zero-order valence-electron chi connectivity index (χ0n) is 13.3. The summed E-state index contributed by atoms with van der Waals surface area (Å²) in [5.41, 5.74) is 0. The highest BCUT2D eigenvalue weighted by Gasteiger charge is 2.32. The van der Waals surface area contributed by atoms with Crippen LogP contribution >= 0.6 is 0 Å². The van der Waals surface area contributed by atoms with Gasteiger partial charge in [-0.05, 0) is 31.6 Å². The molecule has 0 radical (unpaired) electrons. The van der Waals surface area contributed by atoms with E-state index in [0.29, 0.717) is 17.9 Å². The van der Waals surface area contributed by atoms with Gasteiger partial charge in [-0.25, -0.2) is 0 Å². The van der Waals surface area contributed by atoms with Gasteiger partial charge in [0.2, 0.25) is 17.8 Å². The third-order valence-electron chi connectivity index (χ3n) is 4.03. The number of rotatable bonds is 6. The Labute approximate surface area is 127 Å². The normalized spacial score (nSPS) is 18.4. The van der Waals surface area contributed by atoms with Gasteiger partial charge < -0.3 is 15.1 Å². The highest BCUT2D eigenvalue weighted by molar-refractivity contribution is 5.46. The maximum atomic E-state index is 4.77. The van der Waals surface area contributed by atoms with Gasteiger partial charge in [0.25, 0.3) is 0 Å². The van der Waals surface area contributed by atoms with Crippen molar-refractivity contribution >= 4 is 17.8 Å². The molecule has 1 aromatic heterocycles. The fourth-order valence-corrected chi connectivity index (χ4v) is 2.83. The second-order valence-corrected chi connectivity index (χ2v) is 6.48. The molecule has 116 valence electrons. The zero-order chi connectivity index (χ0) is 14.8. The average Bonchev–Trinajstić information content (AvgIpc) is 3.17. The van der Waals surface area contributed by atoms with Crippen LogP contribution in [0.15, 0.2) is 0 Å². The van der Waals surface area contributed by atoms with Gasteiger partial charge in [-0.2, -0.15) is 15.0 Å². The Bertz CT molecular complexity index is 479. The third-order valence-corrected chi connectivity index (χ3v) is 4.03. The van der Waals surface area contributed by atoms with E-state index in [1.165, 1.54) is 25.7 Å². The Balaban J connectivity index is 1.89. The second-order valence-electron chi connectivity index (χ2n) is 6.48. The summed E-state index contributed by atoms with van der Waals surface area (Å²) in [6.07, 6.45) is 4.97. The van der Waals surface area contributed by atoms with E-state index in [2.05, 4.69) is 38.9 Å². The van der Waals surface area contributed by atoms with Crippen LogP contribution in [0.3, 0.4) is 0 Å². The van der Waals surface area contributed by atoms with Gasteiger partial charge in [-0.3, -0.25) is 0 Å². The molecular weight excluding hydrogens is 264 g/mol. The maximum Gasteiger partial charge on any atom is 0.232 e. The summed E-state index contributed by atoms with van der Waals surface area (Å²) >= 11 is 0. The van der Waals surface area contributed by atoms with Gasteiger partial charge in [0.1, 0.15) is 0 Å². The molecule has 0 atom stereocenters. The van der Waals surface area contributed by atoms with Crippen LogP contribution in [0.25, 0.3) is 0 Å². The molecule has 3 rings (SSSR count). The summed E-state index contributed by atoms with van der Waals surface area (Å²) in [5, 5.41) is 3.08. The lowest BCUT2D eigenvalue weighted by molar-refractivity contribution is 0.596. The summed E-state index contributed by atoms with van der Waals surface area (Å²) in [6.45, 7) is 7.62. The van der Waals surface area contributed by atoms with E-state index < -0.39 is 0 Å². The van der Waals surface area contributed by atoms with Gasteiger partial charge in [0, 0.05) is 32.7 Å². The van der Waals surface area contributed by atoms with E-state index in [9.17, 15) is 0 Å². The van der Waals surface area contributed by atoms with E-state index in [0.717, 1.165) is 31.5 Å². The van der Waals surface area contributed by atoms with Crippen LogP contribution in [0, 0.1) is 5.92 Å². The number of hydrogen-bond acceptors (Lipinski definition) is 6. The van der Waals surface area contributed by atoms with Crippen LogP contribution in [-0.4, -0.2) is 47.7 Å². The van der Waals surface area contributed by atoms with E-state index in [1.807, 2.05) is 7.05 Å². The summed E-state index contributed by atoms with van der Waals surface area (Å²) in [6, 6.07) is 0.617. The molecule has 1 saturated carbocycles. The smallest absolute Gasteiger partial charge is 0.232 e. The minimum Gasteiger partial charge on any atom is -0.357 e. The van der Waals surface area contributed by atoms with E-state index in [1.54, 1.807) is 0 Å². The first kappa shape index (κ1) is 14.4. The van der Waals surface area contributed by atoms with E-state index in [-0.39, 0.29) is 0 Å². The number of nitrogens with one attached hydrogen (secondary N) is 1. The second kappa shape index (κ2) is 6.03. The van der Waals surface area contributed by atoms with Gasteiger partial charge in [0.15, 0.2) is 0 Å². The van der Waals surface area contributed by atoms with Crippen LogP contribution < -0.4 is 15.1 Å². The van der Waals surface area contributed by atoms with Crippen molar-refractivity contribution in [2.45, 2.75) is 45.6 Å². The summed E-state index contributed by atoms with van der Waals surface area (Å²) in [5.74, 6) is 2.95. The first-order valence-corrected chi connectivity index (χ1v) is 8.13. The van der Waals surface area contributed by atoms with Crippen molar-refractivity contribution in [2.24, 2.45) is 5.92 Å². The molecule has 2 heterocycles. The number of aromatic nitrogens is 3. The molecule has 2 fully saturated rings. The van der Waals surface area contributed by atoms with Crippen molar-refractivity contribution in [1.29, 1.82) is 0 Å². The average molecular weight is 290 g/mol. The molecule has 0 bridgehead atoms. The Kier molecular flexibility index (Phi) is 4.12. The summed E-state index contributed by atoms with van der Waals surface area (Å²) in [4.78, 5) is 18.6. The molecule has 6 heteroatoms. The molecule has 0 spiro atoms. The highest BCUT2D eigenvalue weighted by atomic mass is 15.4. The Morgan fingerprint density at radius 2 is 1.90 bits per heavy atom. The lowest BCUT2D eigenvalue weighted by Crippen LogP contribution is -2.32. The van der Waals surface area contributed by atoms with Crippen molar-refractivity contribution < 1.29 is 0 Å². The Hall–Kier alpha value is -1.59. The van der Waals surface area contributed by atoms with Crippen LogP contribution in [-0.2, 0) is 0 Å². The van der Waals surface area contributed by atoms with Crippen LogP contribution in [0.4, 0.5) is 17.8 Å². The summed E-state index contributed by atoms with van der Waals surface area (Å²) in [7, 11) is 1.87. The van der Waals surface area contributed by atoms with Crippen molar-refractivity contribution in [3.05, 3.63) is 0 Å². The van der Waals surface area contributed by atoms with Crippen molar-refractivity contribution in [1.82, 2.24) is 15.0 Å². The largest absolute Gasteiger partial charge is 0.357 e. The number of hydrogen-bond donors (Lipinski definition) is 1. The molecular formula is C15H26N6. The van der Waals surface area contributed by atoms with Gasteiger partial charge in [-0.15, -0.1) is 0 Å². The zero-order valence-corrected chi connectivity index (χ0v) is 13.3. The third kappa shape index (κ3) is 3.36. The molecule has 1 aromatic rings. The van der Waals surface area contributed by atoms with Gasteiger partial charge >= 0.3 is 0 Å². The molecule has 21 heavy (non-hydrogen) atoms. The number of nitrogens with zero attached hydrogens (tertiary/aromatic N) is 5. The van der Waals surface area contributed by atoms with Crippen molar-refractivity contribution in [2.75, 3.05) is 41.8 Å². The fourth-order valence-electron chi connectivity index (χ4n) is 2.83. The van der Waals surface area contributed by atoms with Gasteiger partial charge in [0.05, 0.1) is 0 Å². The molecule has 6 nitrogen and oxygen atoms in total. The number of anilines is 3. The lowest BCUT2D eigenvalue weighted by atomic mass is 10.2. The van der Waals surface area contributed by atoms with Crippen LogP contribution in [0.2, 0.25) is 0 Å². The minimum atomic E-state index is 0.607. The van der Waals surface area contributed by atoms with Crippen molar-refractivity contribution in [3.8, 4) is 0 Å². The Morgan fingerprint density at radius 1 is 1.19 bits per heavy atom. The van der Waals surface area contributed by atoms with Crippen LogP contribution in [0.1, 0.15) is 39.5 Å². The first-order valence-electron chi connectivity index (χ1n) is 8.13. The molecule has 2 aliphatic rings. The molecule has 0 aromatic carbocycles. The standard InChI is InChI=1S/C15H26N6/c1-11(2)10-21(12-6-7-12)15-18-13(16-3)17-14(19-15)20-8-4-5-9-20/h11-12H,4-10H2,1-3H3,(H,16,17,18,19). The first-order chi connectivity index (χ1) is 10.2. The van der Waals surface area contributed by atoms with E-state index in [4.69, 9.17) is 4.98 Å². The topological polar surface area (TPSA) is 57.2 Å². The minimum absolute atomic E-state index is 0.607. The summed E-state index contributed by atoms with van der Waals surface area (Å²) < 4.78 is 0. The maximum absolute atomic E-state index is 4.77. The van der Waals surface area contributed by atoms with Crippen LogP contribution in [0.5, 0.6) is 0 Å². The predicted octanol–water partition coefficient (Wildman–Crippen LogP) is 2.14. The molecule has 1 aliphatic heterocycles. The molecule has 1 N–H and O–H groups in total. The lowest BCUT2D eigenvalue weighted by Gasteiger charge is -2.26. The predicted molar refractivity (Wildman–Crippen MR) is 86.0 cm³/mol. The van der Waals surface area contributed by atoms with Gasteiger partial charge in [-0.1, -0.05) is 13.8 Å². The quantitative estimate of drug-likeness (QED) is 0.866.